The van der Waals surface area contributed by atoms with Crippen LogP contribution in [0.3, 0.4) is 0 Å². The minimum Gasteiger partial charge on any atom is -0.497 e. The van der Waals surface area contributed by atoms with Crippen molar-refractivity contribution < 1.29 is 14.3 Å². The van der Waals surface area contributed by atoms with E-state index in [1.54, 1.807) is 49.8 Å². The number of hydrogen-bond donors (Lipinski definition) is 1. The third-order valence-electron chi connectivity index (χ3n) is 2.63. The maximum absolute atomic E-state index is 11.9. The van der Waals surface area contributed by atoms with Gasteiger partial charge in [-0.3, -0.25) is 4.79 Å². The van der Waals surface area contributed by atoms with Crippen LogP contribution >= 0.6 is 11.3 Å². The third-order valence-corrected chi connectivity index (χ3v) is 3.44. The molecule has 1 amide bonds. The Hall–Kier alpha value is -2.34. The zero-order valence-corrected chi connectivity index (χ0v) is 12.6. The van der Waals surface area contributed by atoms with Gasteiger partial charge in [0.1, 0.15) is 11.5 Å². The number of nitrogens with one attached hydrogen (secondary N) is 1. The van der Waals surface area contributed by atoms with Crippen LogP contribution in [-0.4, -0.2) is 25.3 Å². The zero-order chi connectivity index (χ0) is 15.1. The largest absolute Gasteiger partial charge is 0.497 e. The molecule has 1 unspecified atom stereocenters. The second kappa shape index (κ2) is 7.44. The summed E-state index contributed by atoms with van der Waals surface area (Å²) < 4.78 is 10.6. The molecule has 0 bridgehead atoms. The molecule has 1 heterocycles. The molecule has 0 spiro atoms. The second-order valence-electron chi connectivity index (χ2n) is 4.19. The molecule has 2 aromatic rings. The van der Waals surface area contributed by atoms with Crippen LogP contribution < -0.4 is 14.9 Å². The van der Waals surface area contributed by atoms with E-state index in [0.29, 0.717) is 11.5 Å². The van der Waals surface area contributed by atoms with Crippen molar-refractivity contribution in [1.82, 2.24) is 5.43 Å². The van der Waals surface area contributed by atoms with E-state index >= 15 is 0 Å². The Morgan fingerprint density at radius 2 is 2.14 bits per heavy atom. The first kappa shape index (κ1) is 15.1. The van der Waals surface area contributed by atoms with Gasteiger partial charge < -0.3 is 9.47 Å². The van der Waals surface area contributed by atoms with Crippen molar-refractivity contribution in [3.63, 3.8) is 0 Å². The molecule has 6 heteroatoms. The Balaban J connectivity index is 1.87. The molecule has 1 aromatic carbocycles. The maximum atomic E-state index is 11.9. The SMILES string of the molecule is COc1cccc(OC(C)C(=O)N/N=C/c2cccs2)c1. The Morgan fingerprint density at radius 1 is 1.33 bits per heavy atom. The number of hydrazone groups is 1. The van der Waals surface area contributed by atoms with Gasteiger partial charge in [0, 0.05) is 10.9 Å². The van der Waals surface area contributed by atoms with Gasteiger partial charge in [-0.1, -0.05) is 12.1 Å². The fourth-order valence-electron chi connectivity index (χ4n) is 1.55. The van der Waals surface area contributed by atoms with Gasteiger partial charge in [-0.2, -0.15) is 5.10 Å². The van der Waals surface area contributed by atoms with E-state index in [9.17, 15) is 4.79 Å². The van der Waals surface area contributed by atoms with Crippen LogP contribution in [0.25, 0.3) is 0 Å². The lowest BCUT2D eigenvalue weighted by Gasteiger charge is -2.13. The fourth-order valence-corrected chi connectivity index (χ4v) is 2.13. The lowest BCUT2D eigenvalue weighted by Crippen LogP contribution is -2.33. The van der Waals surface area contributed by atoms with Crippen molar-refractivity contribution in [2.45, 2.75) is 13.0 Å². The molecule has 110 valence electrons. The molecule has 0 fully saturated rings. The van der Waals surface area contributed by atoms with Gasteiger partial charge in [-0.25, -0.2) is 5.43 Å². The molecule has 0 aliphatic rings. The minimum absolute atomic E-state index is 0.314. The van der Waals surface area contributed by atoms with Crippen LogP contribution in [0.2, 0.25) is 0 Å². The molecule has 2 rings (SSSR count). The van der Waals surface area contributed by atoms with Gasteiger partial charge in [0.05, 0.1) is 13.3 Å². The number of hydrogen-bond acceptors (Lipinski definition) is 5. The summed E-state index contributed by atoms with van der Waals surface area (Å²) in [6, 6.07) is 10.9. The quantitative estimate of drug-likeness (QED) is 0.659. The second-order valence-corrected chi connectivity index (χ2v) is 5.17. The van der Waals surface area contributed by atoms with Gasteiger partial charge in [0.25, 0.3) is 5.91 Å². The maximum Gasteiger partial charge on any atom is 0.280 e. The molecule has 1 N–H and O–H groups in total. The van der Waals surface area contributed by atoms with Crippen LogP contribution in [0, 0.1) is 0 Å². The number of benzene rings is 1. The van der Waals surface area contributed by atoms with Crippen molar-refractivity contribution in [2.24, 2.45) is 5.10 Å². The Bertz CT molecular complexity index is 611. The zero-order valence-electron chi connectivity index (χ0n) is 11.8. The topological polar surface area (TPSA) is 59.9 Å². The van der Waals surface area contributed by atoms with E-state index in [0.717, 1.165) is 4.88 Å². The lowest BCUT2D eigenvalue weighted by atomic mass is 10.3. The monoisotopic (exact) mass is 304 g/mol. The summed E-state index contributed by atoms with van der Waals surface area (Å²) >= 11 is 1.54. The van der Waals surface area contributed by atoms with Crippen molar-refractivity contribution in [3.05, 3.63) is 46.7 Å². The highest BCUT2D eigenvalue weighted by Crippen LogP contribution is 2.19. The Morgan fingerprint density at radius 3 is 2.86 bits per heavy atom. The molecule has 0 aliphatic carbocycles. The van der Waals surface area contributed by atoms with Gasteiger partial charge in [0.15, 0.2) is 6.10 Å². The van der Waals surface area contributed by atoms with Crippen molar-refractivity contribution in [1.29, 1.82) is 0 Å². The van der Waals surface area contributed by atoms with Gasteiger partial charge >= 0.3 is 0 Å². The number of carbonyl (C=O) groups excluding carboxylic acids is 1. The van der Waals surface area contributed by atoms with E-state index < -0.39 is 6.10 Å². The average molecular weight is 304 g/mol. The van der Waals surface area contributed by atoms with Crippen LogP contribution in [0.1, 0.15) is 11.8 Å². The van der Waals surface area contributed by atoms with Crippen LogP contribution in [-0.2, 0) is 4.79 Å². The molecule has 1 aromatic heterocycles. The molecule has 5 nitrogen and oxygen atoms in total. The van der Waals surface area contributed by atoms with Gasteiger partial charge in [-0.15, -0.1) is 11.3 Å². The Labute approximate surface area is 127 Å². The number of methoxy groups -OCH3 is 1. The summed E-state index contributed by atoms with van der Waals surface area (Å²) in [5, 5.41) is 5.83. The van der Waals surface area contributed by atoms with E-state index in [1.165, 1.54) is 0 Å². The molecule has 0 saturated carbocycles. The molecule has 0 aliphatic heterocycles. The first-order valence-corrected chi connectivity index (χ1v) is 7.24. The third kappa shape index (κ3) is 4.61. The predicted octanol–water partition coefficient (Wildman–Crippen LogP) is 2.67. The standard InChI is InChI=1S/C15H16N2O3S/c1-11(20-13-6-3-5-12(9-13)19-2)15(18)17-16-10-14-7-4-8-21-14/h3-11H,1-2H3,(H,17,18)/b16-10+. The van der Waals surface area contributed by atoms with Crippen molar-refractivity contribution in [2.75, 3.05) is 7.11 Å². The predicted molar refractivity (Wildman–Crippen MR) is 83.1 cm³/mol. The number of carbonyl (C=O) groups is 1. The molecule has 0 radical (unpaired) electrons. The first-order valence-electron chi connectivity index (χ1n) is 6.36. The summed E-state index contributed by atoms with van der Waals surface area (Å²) in [5.41, 5.74) is 2.45. The summed E-state index contributed by atoms with van der Waals surface area (Å²) in [6.45, 7) is 1.66. The lowest BCUT2D eigenvalue weighted by molar-refractivity contribution is -0.127. The van der Waals surface area contributed by atoms with E-state index in [-0.39, 0.29) is 5.91 Å². The Kier molecular flexibility index (Phi) is 5.34. The van der Waals surface area contributed by atoms with E-state index in [4.69, 9.17) is 9.47 Å². The molecule has 0 saturated heterocycles. The number of rotatable bonds is 6. The number of thiophene rings is 1. The smallest absolute Gasteiger partial charge is 0.280 e. The minimum atomic E-state index is -0.655. The van der Waals surface area contributed by atoms with Gasteiger partial charge in [0.2, 0.25) is 0 Å². The first-order chi connectivity index (χ1) is 10.2. The molecule has 21 heavy (non-hydrogen) atoms. The summed E-state index contributed by atoms with van der Waals surface area (Å²) in [7, 11) is 1.58. The summed E-state index contributed by atoms with van der Waals surface area (Å²) in [5.74, 6) is 0.931. The molecular weight excluding hydrogens is 288 g/mol. The molecule has 1 atom stereocenters. The number of ether oxygens (including phenoxy) is 2. The highest BCUT2D eigenvalue weighted by atomic mass is 32.1. The van der Waals surface area contributed by atoms with E-state index in [2.05, 4.69) is 10.5 Å². The average Bonchev–Trinajstić information content (AvgIpc) is 3.00. The van der Waals surface area contributed by atoms with Crippen molar-refractivity contribution in [3.8, 4) is 11.5 Å². The van der Waals surface area contributed by atoms with Gasteiger partial charge in [-0.05, 0) is 30.5 Å². The summed E-state index contributed by atoms with van der Waals surface area (Å²) in [4.78, 5) is 12.8. The number of nitrogens with zero attached hydrogens (tertiary/aromatic N) is 1. The number of amides is 1. The van der Waals surface area contributed by atoms with Crippen molar-refractivity contribution >= 4 is 23.5 Å². The highest BCUT2D eigenvalue weighted by molar-refractivity contribution is 7.11. The summed E-state index contributed by atoms with van der Waals surface area (Å²) in [6.07, 6.45) is 0.943. The van der Waals surface area contributed by atoms with Crippen LogP contribution in [0.15, 0.2) is 46.9 Å². The van der Waals surface area contributed by atoms with E-state index in [1.807, 2.05) is 23.6 Å². The van der Waals surface area contributed by atoms with Crippen LogP contribution in [0.4, 0.5) is 0 Å². The molecular formula is C15H16N2O3S. The normalized spacial score (nSPS) is 12.1. The fraction of sp³-hybridized carbons (Fsp3) is 0.200. The highest BCUT2D eigenvalue weighted by Gasteiger charge is 2.14. The van der Waals surface area contributed by atoms with Crippen LogP contribution in [0.5, 0.6) is 11.5 Å².